The molecular weight excluding hydrogens is 254 g/mol. The molecule has 6 heteroatoms. The van der Waals surface area contributed by atoms with Gasteiger partial charge in [-0.2, -0.15) is 0 Å². The fourth-order valence-electron chi connectivity index (χ4n) is 2.64. The number of hydrogen-bond acceptors (Lipinski definition) is 6. The summed E-state index contributed by atoms with van der Waals surface area (Å²) in [5.41, 5.74) is 0. The molecular formula is C14H23N5O. The van der Waals surface area contributed by atoms with Crippen LogP contribution < -0.4 is 10.2 Å². The molecule has 6 nitrogen and oxygen atoms in total. The fraction of sp³-hybridized carbons (Fsp3) is 0.714. The lowest BCUT2D eigenvalue weighted by Crippen LogP contribution is -2.52. The molecule has 1 saturated carbocycles. The molecule has 0 amide bonds. The van der Waals surface area contributed by atoms with E-state index in [-0.39, 0.29) is 12.6 Å². The summed E-state index contributed by atoms with van der Waals surface area (Å²) < 4.78 is 0. The maximum Gasteiger partial charge on any atom is 0.225 e. The van der Waals surface area contributed by atoms with Crippen LogP contribution >= 0.6 is 0 Å². The molecule has 1 unspecified atom stereocenters. The first kappa shape index (κ1) is 13.7. The van der Waals surface area contributed by atoms with E-state index in [2.05, 4.69) is 25.1 Å². The first-order valence-electron chi connectivity index (χ1n) is 7.46. The van der Waals surface area contributed by atoms with Gasteiger partial charge in [0, 0.05) is 57.2 Å². The molecule has 0 radical (unpaired) electrons. The lowest BCUT2D eigenvalue weighted by molar-refractivity contribution is 0.174. The van der Waals surface area contributed by atoms with Crippen LogP contribution in [0.25, 0.3) is 0 Å². The average Bonchev–Trinajstić information content (AvgIpc) is 3.32. The third kappa shape index (κ3) is 3.65. The summed E-state index contributed by atoms with van der Waals surface area (Å²) in [6, 6.07) is 2.70. The van der Waals surface area contributed by atoms with Gasteiger partial charge in [-0.25, -0.2) is 9.97 Å². The summed E-state index contributed by atoms with van der Waals surface area (Å²) in [6.45, 7) is 5.05. The number of nitrogens with one attached hydrogen (secondary N) is 1. The third-order valence-corrected chi connectivity index (χ3v) is 3.96. The Labute approximate surface area is 119 Å². The summed E-state index contributed by atoms with van der Waals surface area (Å²) in [5, 5.41) is 12.9. The molecule has 1 saturated heterocycles. The molecule has 1 aliphatic heterocycles. The molecule has 1 aromatic heterocycles. The van der Waals surface area contributed by atoms with Crippen molar-refractivity contribution in [3.05, 3.63) is 18.5 Å². The van der Waals surface area contributed by atoms with E-state index in [0.29, 0.717) is 6.04 Å². The second-order valence-corrected chi connectivity index (χ2v) is 5.66. The van der Waals surface area contributed by atoms with Gasteiger partial charge < -0.3 is 15.3 Å². The molecule has 20 heavy (non-hydrogen) atoms. The number of aromatic nitrogens is 2. The van der Waals surface area contributed by atoms with E-state index in [1.54, 1.807) is 12.4 Å². The minimum absolute atomic E-state index is 0.210. The van der Waals surface area contributed by atoms with Crippen molar-refractivity contribution in [2.45, 2.75) is 24.9 Å². The van der Waals surface area contributed by atoms with Gasteiger partial charge >= 0.3 is 0 Å². The smallest absolute Gasteiger partial charge is 0.225 e. The van der Waals surface area contributed by atoms with Crippen LogP contribution in [0.15, 0.2) is 18.5 Å². The van der Waals surface area contributed by atoms with Crippen LogP contribution in [-0.2, 0) is 0 Å². The molecule has 0 bridgehead atoms. The van der Waals surface area contributed by atoms with Crippen LogP contribution in [0, 0.1) is 0 Å². The summed E-state index contributed by atoms with van der Waals surface area (Å²) >= 11 is 0. The van der Waals surface area contributed by atoms with Crippen molar-refractivity contribution in [2.24, 2.45) is 0 Å². The lowest BCUT2D eigenvalue weighted by Gasteiger charge is -2.36. The number of aliphatic hydroxyl groups is 1. The summed E-state index contributed by atoms with van der Waals surface area (Å²) in [6.07, 6.45) is 6.09. The van der Waals surface area contributed by atoms with Crippen LogP contribution in [0.2, 0.25) is 0 Å². The van der Waals surface area contributed by atoms with E-state index < -0.39 is 0 Å². The van der Waals surface area contributed by atoms with Crippen LogP contribution in [0.1, 0.15) is 12.8 Å². The average molecular weight is 277 g/mol. The zero-order chi connectivity index (χ0) is 13.8. The van der Waals surface area contributed by atoms with Crippen molar-refractivity contribution in [2.75, 3.05) is 44.2 Å². The van der Waals surface area contributed by atoms with E-state index >= 15 is 0 Å². The Bertz CT molecular complexity index is 403. The van der Waals surface area contributed by atoms with Crippen molar-refractivity contribution in [3.8, 4) is 0 Å². The molecule has 2 heterocycles. The van der Waals surface area contributed by atoms with E-state index in [9.17, 15) is 5.11 Å². The van der Waals surface area contributed by atoms with Gasteiger partial charge in [-0.3, -0.25) is 4.90 Å². The predicted molar refractivity (Wildman–Crippen MR) is 77.7 cm³/mol. The highest BCUT2D eigenvalue weighted by molar-refractivity contribution is 5.29. The predicted octanol–water partition coefficient (Wildman–Crippen LogP) is -0.288. The van der Waals surface area contributed by atoms with Gasteiger partial charge in [0.15, 0.2) is 0 Å². The number of aliphatic hydroxyl groups excluding tert-OH is 1. The minimum atomic E-state index is 0.210. The Morgan fingerprint density at radius 3 is 2.50 bits per heavy atom. The van der Waals surface area contributed by atoms with E-state index in [4.69, 9.17) is 0 Å². The molecule has 1 aliphatic carbocycles. The van der Waals surface area contributed by atoms with Gasteiger partial charge in [-0.05, 0) is 18.9 Å². The zero-order valence-corrected chi connectivity index (χ0v) is 11.8. The maximum absolute atomic E-state index is 9.44. The summed E-state index contributed by atoms with van der Waals surface area (Å²) in [5.74, 6) is 0.821. The second kappa shape index (κ2) is 6.47. The van der Waals surface area contributed by atoms with Gasteiger partial charge in [0.2, 0.25) is 5.95 Å². The fourth-order valence-corrected chi connectivity index (χ4v) is 2.64. The van der Waals surface area contributed by atoms with E-state index in [1.165, 1.54) is 12.8 Å². The lowest BCUT2D eigenvalue weighted by atomic mass is 10.2. The van der Waals surface area contributed by atoms with Crippen molar-refractivity contribution < 1.29 is 5.11 Å². The highest BCUT2D eigenvalue weighted by Gasteiger charge is 2.26. The van der Waals surface area contributed by atoms with Crippen LogP contribution in [0.4, 0.5) is 5.95 Å². The van der Waals surface area contributed by atoms with Crippen LogP contribution in [0.5, 0.6) is 0 Å². The minimum Gasteiger partial charge on any atom is -0.395 e. The molecule has 0 spiro atoms. The molecule has 1 atom stereocenters. The molecule has 0 aromatic carbocycles. The van der Waals surface area contributed by atoms with E-state index in [0.717, 1.165) is 38.7 Å². The first-order chi connectivity index (χ1) is 9.85. The van der Waals surface area contributed by atoms with Gasteiger partial charge in [0.1, 0.15) is 0 Å². The maximum atomic E-state index is 9.44. The monoisotopic (exact) mass is 277 g/mol. The van der Waals surface area contributed by atoms with Crippen LogP contribution in [0.3, 0.4) is 0 Å². The van der Waals surface area contributed by atoms with Gasteiger partial charge in [0.25, 0.3) is 0 Å². The first-order valence-corrected chi connectivity index (χ1v) is 7.46. The number of anilines is 1. The van der Waals surface area contributed by atoms with Crippen molar-refractivity contribution >= 4 is 5.95 Å². The number of rotatable bonds is 6. The SMILES string of the molecule is OCC(CN1CCN(c2ncccn2)CC1)NC1CC1. The highest BCUT2D eigenvalue weighted by atomic mass is 16.3. The Morgan fingerprint density at radius 2 is 1.90 bits per heavy atom. The van der Waals surface area contributed by atoms with E-state index in [1.807, 2.05) is 6.07 Å². The van der Waals surface area contributed by atoms with Crippen molar-refractivity contribution in [3.63, 3.8) is 0 Å². The number of nitrogens with zero attached hydrogens (tertiary/aromatic N) is 4. The second-order valence-electron chi connectivity index (χ2n) is 5.66. The Kier molecular flexibility index (Phi) is 4.44. The quantitative estimate of drug-likeness (QED) is 0.745. The highest BCUT2D eigenvalue weighted by Crippen LogP contribution is 2.19. The van der Waals surface area contributed by atoms with Crippen molar-refractivity contribution in [1.29, 1.82) is 0 Å². The normalized spacial score (nSPS) is 21.9. The molecule has 2 aliphatic rings. The molecule has 2 fully saturated rings. The largest absolute Gasteiger partial charge is 0.395 e. The number of hydrogen-bond donors (Lipinski definition) is 2. The molecule has 110 valence electrons. The van der Waals surface area contributed by atoms with Gasteiger partial charge in [-0.1, -0.05) is 0 Å². The molecule has 2 N–H and O–H groups in total. The summed E-state index contributed by atoms with van der Waals surface area (Å²) in [4.78, 5) is 13.2. The van der Waals surface area contributed by atoms with Gasteiger partial charge in [0.05, 0.1) is 6.61 Å². The Balaban J connectivity index is 1.45. The molecule has 1 aromatic rings. The Hall–Kier alpha value is -1.24. The van der Waals surface area contributed by atoms with Crippen LogP contribution in [-0.4, -0.2) is 71.4 Å². The Morgan fingerprint density at radius 1 is 1.20 bits per heavy atom. The van der Waals surface area contributed by atoms with Gasteiger partial charge in [-0.15, -0.1) is 0 Å². The topological polar surface area (TPSA) is 64.5 Å². The number of piperazine rings is 1. The zero-order valence-electron chi connectivity index (χ0n) is 11.8. The third-order valence-electron chi connectivity index (χ3n) is 3.96. The molecule has 3 rings (SSSR count). The van der Waals surface area contributed by atoms with Crippen molar-refractivity contribution in [1.82, 2.24) is 20.2 Å². The standard InChI is InChI=1S/C14H23N5O/c20-11-13(17-12-2-3-12)10-18-6-8-19(9-7-18)14-15-4-1-5-16-14/h1,4-5,12-13,17,20H,2-3,6-11H2. The summed E-state index contributed by atoms with van der Waals surface area (Å²) in [7, 11) is 0.